The van der Waals surface area contributed by atoms with Crippen molar-refractivity contribution in [3.8, 4) is 5.75 Å². The molecule has 25 heavy (non-hydrogen) atoms. The number of hydrogen-bond donors (Lipinski definition) is 0. The lowest BCUT2D eigenvalue weighted by Gasteiger charge is -2.09. The molecule has 0 aliphatic rings. The second kappa shape index (κ2) is 7.81. The molecule has 0 saturated carbocycles. The van der Waals surface area contributed by atoms with E-state index in [1.807, 2.05) is 30.3 Å². The summed E-state index contributed by atoms with van der Waals surface area (Å²) in [5.74, 6) is -0.502. The van der Waals surface area contributed by atoms with Crippen molar-refractivity contribution in [3.63, 3.8) is 0 Å². The van der Waals surface area contributed by atoms with Crippen LogP contribution in [0.5, 0.6) is 5.75 Å². The first-order valence-corrected chi connectivity index (χ1v) is 8.07. The maximum atomic E-state index is 12.4. The van der Waals surface area contributed by atoms with Gasteiger partial charge in [0.15, 0.2) is 13.2 Å². The lowest BCUT2D eigenvalue weighted by atomic mass is 10.0. The fraction of sp³-hybridized carbons (Fsp3) is 0.100. The maximum absolute atomic E-state index is 12.4. The van der Waals surface area contributed by atoms with Gasteiger partial charge in [0, 0.05) is 5.56 Å². The van der Waals surface area contributed by atoms with Crippen LogP contribution in [-0.4, -0.2) is 25.0 Å². The molecule has 0 aromatic heterocycles. The Hall–Kier alpha value is -2.85. The molecular weight excluding hydrogens is 340 g/mol. The molecule has 0 aliphatic heterocycles. The predicted molar refractivity (Wildman–Crippen MR) is 96.2 cm³/mol. The topological polar surface area (TPSA) is 52.6 Å². The maximum Gasteiger partial charge on any atom is 0.344 e. The summed E-state index contributed by atoms with van der Waals surface area (Å²) in [6, 6.07) is 19.8. The third-order valence-corrected chi connectivity index (χ3v) is 3.95. The first-order valence-electron chi connectivity index (χ1n) is 7.69. The molecule has 126 valence electrons. The summed E-state index contributed by atoms with van der Waals surface area (Å²) in [6.45, 7) is -0.648. The number of halogens is 1. The Bertz CT molecular complexity index is 915. The van der Waals surface area contributed by atoms with E-state index >= 15 is 0 Å². The summed E-state index contributed by atoms with van der Waals surface area (Å²) < 4.78 is 10.3. The van der Waals surface area contributed by atoms with Gasteiger partial charge in [0.1, 0.15) is 5.75 Å². The summed E-state index contributed by atoms with van der Waals surface area (Å²) in [7, 11) is 0. The highest BCUT2D eigenvalue weighted by molar-refractivity contribution is 6.32. The van der Waals surface area contributed by atoms with Gasteiger partial charge in [-0.05, 0) is 22.9 Å². The van der Waals surface area contributed by atoms with Crippen molar-refractivity contribution in [3.05, 3.63) is 77.3 Å². The van der Waals surface area contributed by atoms with E-state index in [1.54, 1.807) is 36.4 Å². The van der Waals surface area contributed by atoms with Crippen molar-refractivity contribution in [1.82, 2.24) is 0 Å². The van der Waals surface area contributed by atoms with E-state index < -0.39 is 5.97 Å². The van der Waals surface area contributed by atoms with Gasteiger partial charge in [-0.2, -0.15) is 0 Å². The van der Waals surface area contributed by atoms with Crippen LogP contribution in [0.3, 0.4) is 0 Å². The van der Waals surface area contributed by atoms with Gasteiger partial charge in [0.2, 0.25) is 5.78 Å². The zero-order chi connectivity index (χ0) is 17.6. The molecule has 3 rings (SSSR count). The van der Waals surface area contributed by atoms with E-state index in [2.05, 4.69) is 0 Å². The minimum absolute atomic E-state index is 0.261. The van der Waals surface area contributed by atoms with Gasteiger partial charge in [-0.1, -0.05) is 66.2 Å². The lowest BCUT2D eigenvalue weighted by molar-refractivity contribution is -0.144. The number of para-hydroxylation sites is 1. The molecule has 3 aromatic carbocycles. The van der Waals surface area contributed by atoms with Crippen LogP contribution in [0.1, 0.15) is 10.4 Å². The molecule has 0 heterocycles. The molecular formula is C20H15ClO4. The summed E-state index contributed by atoms with van der Waals surface area (Å²) in [4.78, 5) is 24.1. The third-order valence-electron chi connectivity index (χ3n) is 3.64. The van der Waals surface area contributed by atoms with Crippen molar-refractivity contribution < 1.29 is 19.1 Å². The van der Waals surface area contributed by atoms with Crippen molar-refractivity contribution in [2.24, 2.45) is 0 Å². The Balaban J connectivity index is 1.58. The highest BCUT2D eigenvalue weighted by Gasteiger charge is 2.13. The molecule has 0 saturated heterocycles. The number of Topliss-reactive ketones (excluding diaryl/α,β-unsaturated/α-hetero) is 1. The molecule has 0 unspecified atom stereocenters. The number of hydrogen-bond acceptors (Lipinski definition) is 4. The molecule has 0 spiro atoms. The second-order valence-corrected chi connectivity index (χ2v) is 5.74. The Morgan fingerprint density at radius 3 is 2.40 bits per heavy atom. The van der Waals surface area contributed by atoms with Crippen LogP contribution in [0.25, 0.3) is 10.8 Å². The van der Waals surface area contributed by atoms with E-state index in [0.717, 1.165) is 10.8 Å². The lowest BCUT2D eigenvalue weighted by Crippen LogP contribution is -2.19. The Kier molecular flexibility index (Phi) is 5.31. The summed E-state index contributed by atoms with van der Waals surface area (Å²) in [6.07, 6.45) is 0. The summed E-state index contributed by atoms with van der Waals surface area (Å²) in [5.41, 5.74) is 0.526. The van der Waals surface area contributed by atoms with Crippen LogP contribution in [0.4, 0.5) is 0 Å². The molecule has 0 bridgehead atoms. The SMILES string of the molecule is O=C(COc1ccccc1Cl)OCC(=O)c1cccc2ccccc12. The molecule has 0 aliphatic carbocycles. The van der Waals surface area contributed by atoms with Gasteiger partial charge in [0.05, 0.1) is 5.02 Å². The van der Waals surface area contributed by atoms with E-state index in [4.69, 9.17) is 21.1 Å². The highest BCUT2D eigenvalue weighted by atomic mass is 35.5. The number of benzene rings is 3. The fourth-order valence-corrected chi connectivity index (χ4v) is 2.62. The zero-order valence-corrected chi connectivity index (χ0v) is 14.0. The van der Waals surface area contributed by atoms with Crippen molar-refractivity contribution in [2.75, 3.05) is 13.2 Å². The van der Waals surface area contributed by atoms with E-state index in [9.17, 15) is 9.59 Å². The number of ether oxygens (including phenoxy) is 2. The Morgan fingerprint density at radius 1 is 0.840 bits per heavy atom. The number of carbonyl (C=O) groups is 2. The van der Waals surface area contributed by atoms with Crippen LogP contribution in [0, 0.1) is 0 Å². The zero-order valence-electron chi connectivity index (χ0n) is 13.3. The molecule has 3 aromatic rings. The van der Waals surface area contributed by atoms with Crippen LogP contribution in [0.15, 0.2) is 66.7 Å². The molecule has 0 N–H and O–H groups in total. The van der Waals surface area contributed by atoms with Crippen LogP contribution >= 0.6 is 11.6 Å². The molecule has 0 fully saturated rings. The van der Waals surface area contributed by atoms with Gasteiger partial charge in [-0.3, -0.25) is 4.79 Å². The van der Waals surface area contributed by atoms with Gasteiger partial charge in [0.25, 0.3) is 0 Å². The summed E-state index contributed by atoms with van der Waals surface area (Å²) >= 11 is 5.94. The number of esters is 1. The van der Waals surface area contributed by atoms with Gasteiger partial charge in [-0.25, -0.2) is 4.79 Å². The van der Waals surface area contributed by atoms with Crippen molar-refractivity contribution >= 4 is 34.1 Å². The normalized spacial score (nSPS) is 10.4. The average molecular weight is 355 g/mol. The Labute approximate surface area is 149 Å². The minimum atomic E-state index is -0.631. The van der Waals surface area contributed by atoms with Crippen LogP contribution in [-0.2, 0) is 9.53 Å². The van der Waals surface area contributed by atoms with E-state index in [-0.39, 0.29) is 19.0 Å². The van der Waals surface area contributed by atoms with Crippen LogP contribution in [0.2, 0.25) is 5.02 Å². The first-order chi connectivity index (χ1) is 12.1. The number of rotatable bonds is 6. The quantitative estimate of drug-likeness (QED) is 0.489. The smallest absolute Gasteiger partial charge is 0.344 e. The van der Waals surface area contributed by atoms with Crippen LogP contribution < -0.4 is 4.74 Å². The highest BCUT2D eigenvalue weighted by Crippen LogP contribution is 2.23. The largest absolute Gasteiger partial charge is 0.480 e. The standard InChI is InChI=1S/C20H15ClO4/c21-17-10-3-4-11-19(17)24-13-20(23)25-12-18(22)16-9-5-7-14-6-1-2-8-15(14)16/h1-11H,12-13H2. The monoisotopic (exact) mass is 354 g/mol. The Morgan fingerprint density at radius 2 is 1.56 bits per heavy atom. The average Bonchev–Trinajstić information content (AvgIpc) is 2.65. The number of fused-ring (bicyclic) bond motifs is 1. The summed E-state index contributed by atoms with van der Waals surface area (Å²) in [5, 5.41) is 2.20. The molecule has 0 atom stereocenters. The minimum Gasteiger partial charge on any atom is -0.480 e. The second-order valence-electron chi connectivity index (χ2n) is 5.33. The number of carbonyl (C=O) groups excluding carboxylic acids is 2. The van der Waals surface area contributed by atoms with Gasteiger partial charge < -0.3 is 9.47 Å². The fourth-order valence-electron chi connectivity index (χ4n) is 2.43. The van der Waals surface area contributed by atoms with E-state index in [1.165, 1.54) is 0 Å². The predicted octanol–water partition coefficient (Wildman–Crippen LogP) is 4.30. The molecule has 5 heteroatoms. The van der Waals surface area contributed by atoms with Gasteiger partial charge >= 0.3 is 5.97 Å². The first kappa shape index (κ1) is 17.0. The van der Waals surface area contributed by atoms with Gasteiger partial charge in [-0.15, -0.1) is 0 Å². The molecule has 0 radical (unpaired) electrons. The molecule has 0 amide bonds. The van der Waals surface area contributed by atoms with Crippen molar-refractivity contribution in [2.45, 2.75) is 0 Å². The third kappa shape index (κ3) is 4.17. The molecule has 4 nitrogen and oxygen atoms in total. The number of ketones is 1. The van der Waals surface area contributed by atoms with Crippen molar-refractivity contribution in [1.29, 1.82) is 0 Å². The van der Waals surface area contributed by atoms with E-state index in [0.29, 0.717) is 16.3 Å².